The normalized spacial score (nSPS) is 14.1. The highest BCUT2D eigenvalue weighted by Crippen LogP contribution is 2.31. The molecule has 1 aliphatic carbocycles. The summed E-state index contributed by atoms with van der Waals surface area (Å²) >= 11 is 0. The number of ether oxygens (including phenoxy) is 2. The summed E-state index contributed by atoms with van der Waals surface area (Å²) in [6.07, 6.45) is 11.2. The van der Waals surface area contributed by atoms with Gasteiger partial charge in [0.1, 0.15) is 43.1 Å². The van der Waals surface area contributed by atoms with Crippen molar-refractivity contribution < 1.29 is 18.3 Å². The fourth-order valence-corrected chi connectivity index (χ4v) is 5.51. The second-order valence-corrected chi connectivity index (χ2v) is 11.5. The molecule has 4 aromatic heterocycles. The van der Waals surface area contributed by atoms with Gasteiger partial charge in [0.25, 0.3) is 0 Å². The number of aromatic nitrogens is 6. The second-order valence-electron chi connectivity index (χ2n) is 11.5. The minimum atomic E-state index is -0.498. The maximum Gasteiger partial charge on any atom is 0.236 e. The molecule has 1 aliphatic heterocycles. The van der Waals surface area contributed by atoms with Gasteiger partial charge in [-0.1, -0.05) is 12.1 Å². The molecule has 242 valence electrons. The molecule has 6 aromatic rings. The number of alkyl halides is 2. The number of imidazole rings is 2. The van der Waals surface area contributed by atoms with E-state index in [4.69, 9.17) is 9.47 Å². The van der Waals surface area contributed by atoms with Crippen molar-refractivity contribution >= 4 is 23.2 Å². The highest BCUT2D eigenvalue weighted by Gasteiger charge is 2.30. The Kier molecular flexibility index (Phi) is 8.81. The molecule has 2 aromatic carbocycles. The standard InChI is InChI=1S/C18H19FN4O.C17H17FN4O/c1-24-15-6-2-13(3-7-15)16-12-22-10-8-17(21-18(22)20-16)23(11-9-19)14-4-5-14;18-6-10-23-14-4-1-3-13(11-14)15-12-22-9-5-16(20-17(22)19-15)21-7-2-8-21/h2-3,6-8,10,12,14H,4-5,9,11H2,1H3;1,3-5,9,11-12H,2,6-8,10H2. The van der Waals surface area contributed by atoms with Crippen LogP contribution in [0.4, 0.5) is 20.4 Å². The van der Waals surface area contributed by atoms with E-state index in [1.54, 1.807) is 7.11 Å². The predicted octanol–water partition coefficient (Wildman–Crippen LogP) is 6.30. The van der Waals surface area contributed by atoms with Crippen LogP contribution < -0.4 is 19.3 Å². The fraction of sp³-hybridized carbons (Fsp3) is 0.314. The first-order chi connectivity index (χ1) is 23.1. The minimum absolute atomic E-state index is 0.0649. The average molecular weight is 639 g/mol. The summed E-state index contributed by atoms with van der Waals surface area (Å²) in [6.45, 7) is 1.71. The van der Waals surface area contributed by atoms with Gasteiger partial charge in [0, 0.05) is 61.6 Å². The molecule has 2 fully saturated rings. The summed E-state index contributed by atoms with van der Waals surface area (Å²) in [7, 11) is 1.65. The van der Waals surface area contributed by atoms with E-state index >= 15 is 0 Å². The summed E-state index contributed by atoms with van der Waals surface area (Å²) in [6, 6.07) is 19.7. The van der Waals surface area contributed by atoms with Crippen molar-refractivity contribution in [2.45, 2.75) is 25.3 Å². The van der Waals surface area contributed by atoms with Crippen LogP contribution in [0.5, 0.6) is 11.5 Å². The van der Waals surface area contributed by atoms with Crippen LogP contribution >= 0.6 is 0 Å². The van der Waals surface area contributed by atoms with Gasteiger partial charge in [-0.3, -0.25) is 8.80 Å². The average Bonchev–Trinajstić information content (AvgIpc) is 3.69. The Morgan fingerprint density at radius 1 is 0.787 bits per heavy atom. The highest BCUT2D eigenvalue weighted by molar-refractivity contribution is 5.64. The van der Waals surface area contributed by atoms with Crippen LogP contribution in [-0.4, -0.2) is 81.5 Å². The molecule has 10 nitrogen and oxygen atoms in total. The van der Waals surface area contributed by atoms with E-state index < -0.39 is 6.67 Å². The first kappa shape index (κ1) is 30.4. The number of rotatable bonds is 11. The highest BCUT2D eigenvalue weighted by atomic mass is 19.1. The number of nitrogens with zero attached hydrogens (tertiary/aromatic N) is 8. The Hall–Kier alpha value is -5.26. The Bertz CT molecular complexity index is 1950. The number of halogens is 2. The Balaban J connectivity index is 0.000000150. The Morgan fingerprint density at radius 2 is 1.51 bits per heavy atom. The third kappa shape index (κ3) is 6.81. The summed E-state index contributed by atoms with van der Waals surface area (Å²) in [5.74, 6) is 4.54. The number of anilines is 2. The van der Waals surface area contributed by atoms with Crippen molar-refractivity contribution in [1.82, 2.24) is 28.7 Å². The number of benzene rings is 2. The van der Waals surface area contributed by atoms with Crippen molar-refractivity contribution in [3.05, 3.63) is 85.5 Å². The van der Waals surface area contributed by atoms with Gasteiger partial charge in [0.2, 0.25) is 11.6 Å². The van der Waals surface area contributed by atoms with Gasteiger partial charge in [0.15, 0.2) is 0 Å². The molecule has 8 rings (SSSR count). The number of methoxy groups -OCH3 is 1. The van der Waals surface area contributed by atoms with Crippen LogP contribution in [0.1, 0.15) is 19.3 Å². The van der Waals surface area contributed by atoms with Crippen molar-refractivity contribution in [2.24, 2.45) is 0 Å². The summed E-state index contributed by atoms with van der Waals surface area (Å²) in [4.78, 5) is 22.7. The van der Waals surface area contributed by atoms with Gasteiger partial charge in [-0.05, 0) is 67.8 Å². The number of fused-ring (bicyclic) bond motifs is 2. The van der Waals surface area contributed by atoms with Crippen LogP contribution in [0.3, 0.4) is 0 Å². The topological polar surface area (TPSA) is 85.3 Å². The molecule has 5 heterocycles. The summed E-state index contributed by atoms with van der Waals surface area (Å²) < 4.78 is 39.4. The van der Waals surface area contributed by atoms with E-state index in [0.717, 1.165) is 65.8 Å². The zero-order valence-electron chi connectivity index (χ0n) is 26.2. The fourth-order valence-electron chi connectivity index (χ4n) is 5.51. The van der Waals surface area contributed by atoms with E-state index in [2.05, 4.69) is 24.8 Å². The lowest BCUT2D eigenvalue weighted by molar-refractivity contribution is 0.273. The maximum atomic E-state index is 12.8. The molecule has 1 saturated heterocycles. The lowest BCUT2D eigenvalue weighted by Crippen LogP contribution is -2.37. The smallest absolute Gasteiger partial charge is 0.236 e. The molecule has 0 radical (unpaired) electrons. The molecule has 0 N–H and O–H groups in total. The molecule has 12 heteroatoms. The Morgan fingerprint density at radius 3 is 2.17 bits per heavy atom. The SMILES string of the molecule is COc1ccc(-c2cn3ccc(N(CCF)C4CC4)nc3n2)cc1.FCCOc1cccc(-c2cn3ccc(N4CCC4)nc3n2)c1. The van der Waals surface area contributed by atoms with E-state index in [-0.39, 0.29) is 13.3 Å². The molecule has 0 amide bonds. The van der Waals surface area contributed by atoms with Gasteiger partial charge in [-0.15, -0.1) is 0 Å². The van der Waals surface area contributed by atoms with Gasteiger partial charge in [0.05, 0.1) is 18.5 Å². The molecule has 2 aliphatic rings. The second kappa shape index (κ2) is 13.6. The molecule has 0 atom stereocenters. The van der Waals surface area contributed by atoms with Crippen molar-refractivity contribution in [2.75, 3.05) is 56.5 Å². The van der Waals surface area contributed by atoms with Crippen molar-refractivity contribution in [1.29, 1.82) is 0 Å². The summed E-state index contributed by atoms with van der Waals surface area (Å²) in [5.41, 5.74) is 3.61. The van der Waals surface area contributed by atoms with Crippen LogP contribution in [-0.2, 0) is 0 Å². The van der Waals surface area contributed by atoms with Gasteiger partial charge < -0.3 is 19.3 Å². The van der Waals surface area contributed by atoms with Crippen LogP contribution in [0.15, 0.2) is 85.5 Å². The molecule has 1 saturated carbocycles. The molecule has 0 bridgehead atoms. The van der Waals surface area contributed by atoms with Crippen molar-refractivity contribution in [3.63, 3.8) is 0 Å². The third-order valence-electron chi connectivity index (χ3n) is 8.27. The largest absolute Gasteiger partial charge is 0.497 e. The molecular weight excluding hydrogens is 602 g/mol. The van der Waals surface area contributed by atoms with Crippen LogP contribution in [0.25, 0.3) is 34.1 Å². The number of hydrogen-bond acceptors (Lipinski definition) is 8. The monoisotopic (exact) mass is 638 g/mol. The minimum Gasteiger partial charge on any atom is -0.497 e. The Labute approximate surface area is 271 Å². The van der Waals surface area contributed by atoms with E-state index in [1.807, 2.05) is 99.2 Å². The quantitative estimate of drug-likeness (QED) is 0.164. The predicted molar refractivity (Wildman–Crippen MR) is 178 cm³/mol. The lowest BCUT2D eigenvalue weighted by Gasteiger charge is -2.31. The van der Waals surface area contributed by atoms with E-state index in [1.165, 1.54) is 6.42 Å². The lowest BCUT2D eigenvalue weighted by atomic mass is 10.1. The van der Waals surface area contributed by atoms with Crippen LogP contribution in [0, 0.1) is 0 Å². The first-order valence-corrected chi connectivity index (χ1v) is 15.8. The molecular formula is C35H36F2N8O2. The molecule has 0 unspecified atom stereocenters. The first-order valence-electron chi connectivity index (χ1n) is 15.8. The maximum absolute atomic E-state index is 12.8. The van der Waals surface area contributed by atoms with Crippen molar-refractivity contribution in [3.8, 4) is 34.0 Å². The zero-order chi connectivity index (χ0) is 32.2. The van der Waals surface area contributed by atoms with Gasteiger partial charge in [-0.2, -0.15) is 9.97 Å². The zero-order valence-corrected chi connectivity index (χ0v) is 26.2. The summed E-state index contributed by atoms with van der Waals surface area (Å²) in [5, 5.41) is 0. The van der Waals surface area contributed by atoms with Gasteiger partial charge >= 0.3 is 0 Å². The number of hydrogen-bond donors (Lipinski definition) is 0. The van der Waals surface area contributed by atoms with E-state index in [0.29, 0.717) is 29.9 Å². The third-order valence-corrected chi connectivity index (χ3v) is 8.27. The molecule has 47 heavy (non-hydrogen) atoms. The molecule has 0 spiro atoms. The van der Waals surface area contributed by atoms with E-state index in [9.17, 15) is 8.78 Å². The van der Waals surface area contributed by atoms with Crippen LogP contribution in [0.2, 0.25) is 0 Å². The van der Waals surface area contributed by atoms with Gasteiger partial charge in [-0.25, -0.2) is 18.7 Å².